The minimum atomic E-state index is -0.772. The Bertz CT molecular complexity index is 1350. The van der Waals surface area contributed by atoms with Gasteiger partial charge in [0.25, 0.3) is 0 Å². The van der Waals surface area contributed by atoms with Crippen LogP contribution in [0.15, 0.2) is 36.5 Å². The molecule has 0 bridgehead atoms. The SMILES string of the molecule is CCCCCCC/C=C\C/C=C\CCCCCCCCCCCCCCCCCCCCCCCC(=O)OCC(COC(=O)CCCCCCC/C=C\CCCCCCC)OC(=O)CCCCCCCCCCCCCCCCCC. The van der Waals surface area contributed by atoms with Crippen LogP contribution in [-0.2, 0) is 28.6 Å². The van der Waals surface area contributed by atoms with E-state index in [9.17, 15) is 14.4 Å². The molecule has 0 aromatic heterocycles. The van der Waals surface area contributed by atoms with Crippen LogP contribution < -0.4 is 0 Å². The van der Waals surface area contributed by atoms with Gasteiger partial charge in [-0.15, -0.1) is 0 Å². The second-order valence-electron chi connectivity index (χ2n) is 24.9. The first-order valence-corrected chi connectivity index (χ1v) is 36.5. The van der Waals surface area contributed by atoms with E-state index < -0.39 is 6.10 Å². The van der Waals surface area contributed by atoms with Gasteiger partial charge in [0.2, 0.25) is 0 Å². The van der Waals surface area contributed by atoms with Crippen LogP contribution in [0.4, 0.5) is 0 Å². The Morgan fingerprint density at radius 1 is 0.247 bits per heavy atom. The Morgan fingerprint density at radius 2 is 0.444 bits per heavy atom. The Labute approximate surface area is 506 Å². The first kappa shape index (κ1) is 78.6. The molecular formula is C75H140O6. The fraction of sp³-hybridized carbons (Fsp3) is 0.880. The molecule has 0 heterocycles. The van der Waals surface area contributed by atoms with Gasteiger partial charge >= 0.3 is 17.9 Å². The molecule has 0 aromatic rings. The predicted molar refractivity (Wildman–Crippen MR) is 353 cm³/mol. The number of carbonyl (C=O) groups excluding carboxylic acids is 3. The number of rotatable bonds is 68. The maximum Gasteiger partial charge on any atom is 0.306 e. The van der Waals surface area contributed by atoms with Crippen LogP contribution in [0.3, 0.4) is 0 Å². The van der Waals surface area contributed by atoms with E-state index in [0.717, 1.165) is 70.6 Å². The molecule has 0 aliphatic rings. The van der Waals surface area contributed by atoms with Crippen LogP contribution in [0.2, 0.25) is 0 Å². The van der Waals surface area contributed by atoms with E-state index in [0.29, 0.717) is 19.3 Å². The molecule has 0 saturated carbocycles. The Morgan fingerprint density at radius 3 is 0.691 bits per heavy atom. The van der Waals surface area contributed by atoms with E-state index >= 15 is 0 Å². The zero-order valence-corrected chi connectivity index (χ0v) is 54.8. The smallest absolute Gasteiger partial charge is 0.306 e. The van der Waals surface area contributed by atoms with Crippen LogP contribution >= 0.6 is 0 Å². The highest BCUT2D eigenvalue weighted by Crippen LogP contribution is 2.19. The molecule has 0 N–H and O–H groups in total. The van der Waals surface area contributed by atoms with Gasteiger partial charge in [-0.1, -0.05) is 346 Å². The Kier molecular flexibility index (Phi) is 68.1. The van der Waals surface area contributed by atoms with E-state index in [2.05, 4.69) is 57.2 Å². The quantitative estimate of drug-likeness (QED) is 0.0261. The number of unbranched alkanes of at least 4 members (excludes halogenated alkanes) is 51. The van der Waals surface area contributed by atoms with Crippen molar-refractivity contribution in [2.45, 2.75) is 412 Å². The number of esters is 3. The number of carbonyl (C=O) groups is 3. The summed E-state index contributed by atoms with van der Waals surface area (Å²) in [6.45, 7) is 6.69. The summed E-state index contributed by atoms with van der Waals surface area (Å²) in [5.41, 5.74) is 0. The molecule has 81 heavy (non-hydrogen) atoms. The second kappa shape index (κ2) is 70.1. The molecule has 0 fully saturated rings. The van der Waals surface area contributed by atoms with Crippen molar-refractivity contribution in [3.63, 3.8) is 0 Å². The molecule has 0 aliphatic heterocycles. The molecule has 0 radical (unpaired) electrons. The molecule has 0 saturated heterocycles. The highest BCUT2D eigenvalue weighted by molar-refractivity contribution is 5.71. The molecule has 1 unspecified atom stereocenters. The minimum Gasteiger partial charge on any atom is -0.462 e. The van der Waals surface area contributed by atoms with Gasteiger partial charge in [-0.25, -0.2) is 0 Å². The largest absolute Gasteiger partial charge is 0.462 e. The van der Waals surface area contributed by atoms with E-state index in [1.165, 1.54) is 295 Å². The summed E-state index contributed by atoms with van der Waals surface area (Å²) in [5.74, 6) is -0.846. The summed E-state index contributed by atoms with van der Waals surface area (Å²) >= 11 is 0. The van der Waals surface area contributed by atoms with Crippen molar-refractivity contribution >= 4 is 17.9 Å². The van der Waals surface area contributed by atoms with E-state index in [-0.39, 0.29) is 31.1 Å². The van der Waals surface area contributed by atoms with Crippen LogP contribution in [0, 0.1) is 0 Å². The lowest BCUT2D eigenvalue weighted by Gasteiger charge is -2.18. The standard InChI is InChI=1S/C75H140O6/c1-4-7-10-13-16-19-22-25-28-30-31-32-33-34-35-36-37-38-39-40-41-42-43-44-45-46-48-50-53-56-59-62-65-68-74(77)80-71-72(70-79-73(76)67-64-61-58-55-52-49-27-24-21-18-15-12-9-6-3)81-75(78)69-66-63-60-57-54-51-47-29-26-23-20-17-14-11-8-5-2/h22,24-25,27,30-31,72H,4-21,23,26,28-29,32-71H2,1-3H3/b25-22-,27-24-,31-30-. The second-order valence-corrected chi connectivity index (χ2v) is 24.9. The molecule has 0 rings (SSSR count). The normalized spacial score (nSPS) is 12.2. The van der Waals surface area contributed by atoms with Gasteiger partial charge in [0, 0.05) is 19.3 Å². The van der Waals surface area contributed by atoms with E-state index in [1.54, 1.807) is 0 Å². The van der Waals surface area contributed by atoms with Gasteiger partial charge in [0.05, 0.1) is 0 Å². The van der Waals surface area contributed by atoms with Crippen LogP contribution in [0.1, 0.15) is 406 Å². The van der Waals surface area contributed by atoms with Gasteiger partial charge in [-0.05, 0) is 77.0 Å². The zero-order valence-electron chi connectivity index (χ0n) is 54.8. The fourth-order valence-corrected chi connectivity index (χ4v) is 11.1. The van der Waals surface area contributed by atoms with Crippen molar-refractivity contribution in [2.24, 2.45) is 0 Å². The molecule has 0 aromatic carbocycles. The lowest BCUT2D eigenvalue weighted by Crippen LogP contribution is -2.30. The van der Waals surface area contributed by atoms with Crippen molar-refractivity contribution in [3.8, 4) is 0 Å². The lowest BCUT2D eigenvalue weighted by atomic mass is 10.0. The van der Waals surface area contributed by atoms with Crippen molar-refractivity contribution < 1.29 is 28.6 Å². The third-order valence-corrected chi connectivity index (χ3v) is 16.6. The number of hydrogen-bond donors (Lipinski definition) is 0. The van der Waals surface area contributed by atoms with Gasteiger partial charge in [0.1, 0.15) is 13.2 Å². The average molecular weight is 1140 g/mol. The third-order valence-electron chi connectivity index (χ3n) is 16.6. The number of allylic oxidation sites excluding steroid dienone is 6. The topological polar surface area (TPSA) is 78.9 Å². The lowest BCUT2D eigenvalue weighted by molar-refractivity contribution is -0.167. The van der Waals surface area contributed by atoms with Crippen molar-refractivity contribution in [3.05, 3.63) is 36.5 Å². The van der Waals surface area contributed by atoms with E-state index in [1.807, 2.05) is 0 Å². The fourth-order valence-electron chi connectivity index (χ4n) is 11.1. The van der Waals surface area contributed by atoms with Crippen LogP contribution in [0.25, 0.3) is 0 Å². The summed E-state index contributed by atoms with van der Waals surface area (Å²) in [4.78, 5) is 38.4. The van der Waals surface area contributed by atoms with Crippen molar-refractivity contribution in [1.82, 2.24) is 0 Å². The summed E-state index contributed by atoms with van der Waals surface area (Å²) in [6.07, 6.45) is 87.6. The molecule has 6 heteroatoms. The maximum atomic E-state index is 12.9. The maximum absolute atomic E-state index is 12.9. The first-order chi connectivity index (χ1) is 40.0. The van der Waals surface area contributed by atoms with Crippen molar-refractivity contribution in [1.29, 1.82) is 0 Å². The average Bonchev–Trinajstić information content (AvgIpc) is 3.47. The van der Waals surface area contributed by atoms with Gasteiger partial charge in [-0.2, -0.15) is 0 Å². The van der Waals surface area contributed by atoms with Crippen molar-refractivity contribution in [2.75, 3.05) is 13.2 Å². The van der Waals surface area contributed by atoms with Gasteiger partial charge in [-0.3, -0.25) is 14.4 Å². The van der Waals surface area contributed by atoms with Gasteiger partial charge < -0.3 is 14.2 Å². The predicted octanol–water partition coefficient (Wildman–Crippen LogP) is 25.1. The Hall–Kier alpha value is -2.37. The van der Waals surface area contributed by atoms with Crippen LogP contribution in [-0.4, -0.2) is 37.2 Å². The summed E-state index contributed by atoms with van der Waals surface area (Å²) in [7, 11) is 0. The van der Waals surface area contributed by atoms with Gasteiger partial charge in [0.15, 0.2) is 6.10 Å². The third kappa shape index (κ3) is 68.3. The monoisotopic (exact) mass is 1140 g/mol. The van der Waals surface area contributed by atoms with E-state index in [4.69, 9.17) is 14.2 Å². The zero-order chi connectivity index (χ0) is 58.5. The number of ether oxygens (including phenoxy) is 3. The molecule has 0 aliphatic carbocycles. The number of hydrogen-bond acceptors (Lipinski definition) is 6. The summed E-state index contributed by atoms with van der Waals surface area (Å²) < 4.78 is 17.0. The molecule has 476 valence electrons. The molecule has 0 amide bonds. The minimum absolute atomic E-state index is 0.0681. The highest BCUT2D eigenvalue weighted by Gasteiger charge is 2.19. The molecule has 6 nitrogen and oxygen atoms in total. The summed E-state index contributed by atoms with van der Waals surface area (Å²) in [6, 6.07) is 0. The Balaban J connectivity index is 4.11. The molecule has 0 spiro atoms. The molecule has 1 atom stereocenters. The summed E-state index contributed by atoms with van der Waals surface area (Å²) in [5, 5.41) is 0. The molecular weight excluding hydrogens is 997 g/mol. The van der Waals surface area contributed by atoms with Crippen LogP contribution in [0.5, 0.6) is 0 Å². The highest BCUT2D eigenvalue weighted by atomic mass is 16.6. The first-order valence-electron chi connectivity index (χ1n) is 36.5.